The van der Waals surface area contributed by atoms with Crippen molar-refractivity contribution in [1.82, 2.24) is 9.55 Å². The molecule has 0 spiro atoms. The summed E-state index contributed by atoms with van der Waals surface area (Å²) >= 11 is 6.36. The zero-order chi connectivity index (χ0) is 21.4. The van der Waals surface area contributed by atoms with Crippen LogP contribution in [0.5, 0.6) is 0 Å². The monoisotopic (exact) mass is 420 g/mol. The van der Waals surface area contributed by atoms with Crippen molar-refractivity contribution in [2.24, 2.45) is 0 Å². The number of nitrogens with two attached hydrogens (primary N) is 1. The van der Waals surface area contributed by atoms with Crippen LogP contribution >= 0.6 is 11.6 Å². The number of aromatic amines is 1. The molecule has 7 heteroatoms. The second kappa shape index (κ2) is 7.72. The largest absolute Gasteiger partial charge is 0.396 e. The Hall–Kier alpha value is -3.51. The number of nitrogens with zero attached hydrogens (tertiary/aromatic N) is 1. The smallest absolute Gasteiger partial charge is 0.264 e. The van der Waals surface area contributed by atoms with Gasteiger partial charge in [0.25, 0.3) is 5.56 Å². The van der Waals surface area contributed by atoms with Crippen molar-refractivity contribution in [2.75, 3.05) is 11.1 Å². The zero-order valence-electron chi connectivity index (χ0n) is 16.6. The molecule has 1 atom stereocenters. The first-order chi connectivity index (χ1) is 14.4. The van der Waals surface area contributed by atoms with Crippen LogP contribution in [0.3, 0.4) is 0 Å². The first-order valence-corrected chi connectivity index (χ1v) is 9.90. The predicted molar refractivity (Wildman–Crippen MR) is 123 cm³/mol. The van der Waals surface area contributed by atoms with Crippen molar-refractivity contribution in [3.8, 4) is 5.69 Å². The maximum Gasteiger partial charge on any atom is 0.264 e. The summed E-state index contributed by atoms with van der Waals surface area (Å²) in [5.41, 5.74) is 8.70. The highest BCUT2D eigenvalue weighted by Crippen LogP contribution is 2.28. The van der Waals surface area contributed by atoms with Crippen LogP contribution in [0.4, 0.5) is 11.4 Å². The maximum absolute atomic E-state index is 13.5. The molecule has 4 N–H and O–H groups in total. The SMILES string of the molecule is Cc1[nH]c(=O)cc(NC(C)c2cc3cccc(Cl)c3c(=O)n2-c2ccccc2)c1N. The Labute approximate surface area is 177 Å². The fraction of sp³-hybridized carbons (Fsp3) is 0.130. The summed E-state index contributed by atoms with van der Waals surface area (Å²) in [6.45, 7) is 3.66. The molecule has 4 aromatic rings. The molecule has 0 amide bonds. The first kappa shape index (κ1) is 19.8. The van der Waals surface area contributed by atoms with Gasteiger partial charge in [0.1, 0.15) is 0 Å². The number of anilines is 2. The summed E-state index contributed by atoms with van der Waals surface area (Å²) < 4.78 is 1.64. The van der Waals surface area contributed by atoms with Gasteiger partial charge in [0.05, 0.1) is 27.8 Å². The lowest BCUT2D eigenvalue weighted by Crippen LogP contribution is -2.26. The summed E-state index contributed by atoms with van der Waals surface area (Å²) in [6, 6.07) is 17.8. The molecular weight excluding hydrogens is 400 g/mol. The second-order valence-corrected chi connectivity index (χ2v) is 7.61. The number of nitrogens with one attached hydrogen (secondary N) is 2. The molecule has 0 aliphatic heterocycles. The molecule has 0 saturated carbocycles. The van der Waals surface area contributed by atoms with E-state index >= 15 is 0 Å². The van der Waals surface area contributed by atoms with Crippen molar-refractivity contribution < 1.29 is 0 Å². The van der Waals surface area contributed by atoms with Gasteiger partial charge >= 0.3 is 0 Å². The molecule has 1 unspecified atom stereocenters. The summed E-state index contributed by atoms with van der Waals surface area (Å²) in [5, 5.41) is 4.91. The molecule has 0 fully saturated rings. The molecule has 30 heavy (non-hydrogen) atoms. The van der Waals surface area contributed by atoms with Gasteiger partial charge in [-0.15, -0.1) is 0 Å². The number of aromatic nitrogens is 2. The Bertz CT molecular complexity index is 1360. The fourth-order valence-corrected chi connectivity index (χ4v) is 3.89. The molecular formula is C23H21ClN4O2. The van der Waals surface area contributed by atoms with Crippen LogP contribution in [-0.2, 0) is 0 Å². The first-order valence-electron chi connectivity index (χ1n) is 9.52. The van der Waals surface area contributed by atoms with E-state index in [0.29, 0.717) is 27.5 Å². The van der Waals surface area contributed by atoms with E-state index < -0.39 is 0 Å². The molecule has 2 aromatic heterocycles. The standard InChI is InChI=1S/C23H21ClN4O2/c1-13(26-18-12-20(29)27-14(2)22(18)25)19-11-15-7-6-10-17(24)21(15)23(30)28(19)16-8-4-3-5-9-16/h3-13H,25H2,1-2H3,(H2,26,27,29). The zero-order valence-corrected chi connectivity index (χ0v) is 17.3. The predicted octanol–water partition coefficient (Wildman–Crippen LogP) is 4.40. The van der Waals surface area contributed by atoms with Gasteiger partial charge in [-0.2, -0.15) is 0 Å². The Morgan fingerprint density at radius 2 is 1.80 bits per heavy atom. The van der Waals surface area contributed by atoms with Gasteiger partial charge in [-0.3, -0.25) is 14.2 Å². The Morgan fingerprint density at radius 1 is 1.07 bits per heavy atom. The Kier molecular flexibility index (Phi) is 5.10. The van der Waals surface area contributed by atoms with Crippen molar-refractivity contribution in [3.63, 3.8) is 0 Å². The van der Waals surface area contributed by atoms with Crippen LogP contribution < -0.4 is 22.2 Å². The average molecular weight is 421 g/mol. The van der Waals surface area contributed by atoms with Crippen LogP contribution in [0.1, 0.15) is 24.4 Å². The number of aryl methyl sites for hydroxylation is 1. The molecule has 0 radical (unpaired) electrons. The Balaban J connectivity index is 1.94. The minimum Gasteiger partial charge on any atom is -0.396 e. The van der Waals surface area contributed by atoms with Gasteiger partial charge in [-0.25, -0.2) is 0 Å². The lowest BCUT2D eigenvalue weighted by Gasteiger charge is -2.23. The molecule has 2 heterocycles. The lowest BCUT2D eigenvalue weighted by atomic mass is 10.1. The number of para-hydroxylation sites is 1. The van der Waals surface area contributed by atoms with Crippen LogP contribution in [0.2, 0.25) is 5.02 Å². The van der Waals surface area contributed by atoms with Crippen LogP contribution in [0.25, 0.3) is 16.5 Å². The van der Waals surface area contributed by atoms with Crippen LogP contribution in [0, 0.1) is 6.92 Å². The summed E-state index contributed by atoms with van der Waals surface area (Å²) in [5.74, 6) is 0. The Morgan fingerprint density at radius 3 is 2.53 bits per heavy atom. The van der Waals surface area contributed by atoms with Crippen molar-refractivity contribution >= 4 is 33.7 Å². The third kappa shape index (κ3) is 3.46. The second-order valence-electron chi connectivity index (χ2n) is 7.20. The molecule has 0 aliphatic rings. The number of hydrogen-bond donors (Lipinski definition) is 3. The number of hydrogen-bond acceptors (Lipinski definition) is 4. The number of nitrogen functional groups attached to an aromatic ring is 1. The number of rotatable bonds is 4. The van der Waals surface area contributed by atoms with E-state index in [1.807, 2.05) is 55.5 Å². The van der Waals surface area contributed by atoms with Crippen LogP contribution in [-0.4, -0.2) is 9.55 Å². The van der Waals surface area contributed by atoms with E-state index in [1.165, 1.54) is 6.07 Å². The van der Waals surface area contributed by atoms with E-state index in [-0.39, 0.29) is 17.2 Å². The van der Waals surface area contributed by atoms with Crippen molar-refractivity contribution in [1.29, 1.82) is 0 Å². The third-order valence-electron chi connectivity index (χ3n) is 5.13. The number of H-pyrrole nitrogens is 1. The van der Waals surface area contributed by atoms with Gasteiger partial charge in [0, 0.05) is 23.1 Å². The molecule has 2 aromatic carbocycles. The number of halogens is 1. The topological polar surface area (TPSA) is 92.9 Å². The minimum absolute atomic E-state index is 0.206. The molecule has 0 aliphatic carbocycles. The molecule has 152 valence electrons. The van der Waals surface area contributed by atoms with E-state index in [4.69, 9.17) is 17.3 Å². The van der Waals surface area contributed by atoms with E-state index in [0.717, 1.165) is 16.8 Å². The average Bonchev–Trinajstić information content (AvgIpc) is 2.72. The van der Waals surface area contributed by atoms with Gasteiger partial charge in [-0.1, -0.05) is 41.9 Å². The molecule has 0 bridgehead atoms. The molecule has 6 nitrogen and oxygen atoms in total. The van der Waals surface area contributed by atoms with Crippen molar-refractivity contribution in [2.45, 2.75) is 19.9 Å². The number of fused-ring (bicyclic) bond motifs is 1. The van der Waals surface area contributed by atoms with Crippen molar-refractivity contribution in [3.05, 3.63) is 97.8 Å². The number of benzene rings is 2. The van der Waals surface area contributed by atoms with Gasteiger partial charge in [0.2, 0.25) is 5.56 Å². The molecule has 0 saturated heterocycles. The maximum atomic E-state index is 13.5. The van der Waals surface area contributed by atoms with Gasteiger partial charge in [-0.05, 0) is 43.5 Å². The highest BCUT2D eigenvalue weighted by Gasteiger charge is 2.18. The number of pyridine rings is 2. The van der Waals surface area contributed by atoms with E-state index in [1.54, 1.807) is 17.6 Å². The highest BCUT2D eigenvalue weighted by atomic mass is 35.5. The summed E-state index contributed by atoms with van der Waals surface area (Å²) in [4.78, 5) is 28.1. The van der Waals surface area contributed by atoms with E-state index in [9.17, 15) is 9.59 Å². The highest BCUT2D eigenvalue weighted by molar-refractivity contribution is 6.35. The summed E-state index contributed by atoms with van der Waals surface area (Å²) in [6.07, 6.45) is 0. The van der Waals surface area contributed by atoms with E-state index in [2.05, 4.69) is 10.3 Å². The lowest BCUT2D eigenvalue weighted by molar-refractivity contribution is 0.777. The van der Waals surface area contributed by atoms with Gasteiger partial charge < -0.3 is 16.0 Å². The van der Waals surface area contributed by atoms with Crippen LogP contribution in [0.15, 0.2) is 70.3 Å². The minimum atomic E-state index is -0.329. The normalized spacial score (nSPS) is 12.1. The fourth-order valence-electron chi connectivity index (χ4n) is 3.63. The quantitative estimate of drug-likeness (QED) is 0.456. The summed E-state index contributed by atoms with van der Waals surface area (Å²) in [7, 11) is 0. The third-order valence-corrected chi connectivity index (χ3v) is 5.45. The van der Waals surface area contributed by atoms with Gasteiger partial charge in [0.15, 0.2) is 0 Å². The molecule has 4 rings (SSSR count).